The zero-order chi connectivity index (χ0) is 21.6. The molecule has 1 aromatic heterocycles. The molecule has 29 heavy (non-hydrogen) atoms. The van der Waals surface area contributed by atoms with E-state index in [1.165, 1.54) is 29.2 Å². The van der Waals surface area contributed by atoms with Crippen molar-refractivity contribution in [3.05, 3.63) is 46.8 Å². The maximum atomic E-state index is 13.6. The van der Waals surface area contributed by atoms with Gasteiger partial charge in [0.15, 0.2) is 5.69 Å². The molecule has 0 spiro atoms. The first-order chi connectivity index (χ1) is 13.4. The van der Waals surface area contributed by atoms with Gasteiger partial charge in [0, 0.05) is 18.5 Å². The highest BCUT2D eigenvalue weighted by atomic mass is 19.4. The van der Waals surface area contributed by atoms with Gasteiger partial charge >= 0.3 is 18.2 Å². The minimum Gasteiger partial charge on any atom is -0.478 e. The second kappa shape index (κ2) is 7.09. The number of nitrogens with zero attached hydrogens (tertiary/aromatic N) is 3. The largest absolute Gasteiger partial charge is 0.478 e. The number of carboxylic acids is 1. The van der Waals surface area contributed by atoms with Gasteiger partial charge in [-0.1, -0.05) is 6.07 Å². The zero-order valence-corrected chi connectivity index (χ0v) is 16.1. The Labute approximate surface area is 164 Å². The van der Waals surface area contributed by atoms with Gasteiger partial charge in [-0.2, -0.15) is 18.3 Å². The summed E-state index contributed by atoms with van der Waals surface area (Å²) in [4.78, 5) is 24.7. The number of rotatable bonds is 2. The number of amides is 1. The highest BCUT2D eigenvalue weighted by Gasteiger charge is 2.42. The van der Waals surface area contributed by atoms with Crippen LogP contribution in [0.3, 0.4) is 0 Å². The third-order valence-corrected chi connectivity index (χ3v) is 4.32. The third kappa shape index (κ3) is 4.36. The van der Waals surface area contributed by atoms with Gasteiger partial charge in [-0.05, 0) is 39.0 Å². The molecule has 0 radical (unpaired) electrons. The van der Waals surface area contributed by atoms with Gasteiger partial charge < -0.3 is 14.7 Å². The number of fused-ring (bicyclic) bond motifs is 1. The van der Waals surface area contributed by atoms with E-state index in [-0.39, 0.29) is 36.3 Å². The van der Waals surface area contributed by atoms with Crippen molar-refractivity contribution in [3.63, 3.8) is 0 Å². The van der Waals surface area contributed by atoms with E-state index in [9.17, 15) is 22.8 Å². The summed E-state index contributed by atoms with van der Waals surface area (Å²) in [5.41, 5.74) is -1.54. The molecule has 1 N–H and O–H groups in total. The van der Waals surface area contributed by atoms with Gasteiger partial charge in [-0.15, -0.1) is 0 Å². The van der Waals surface area contributed by atoms with Crippen molar-refractivity contribution in [3.8, 4) is 5.69 Å². The number of hydrogen-bond acceptors (Lipinski definition) is 4. The molecule has 1 aliphatic heterocycles. The molecule has 0 saturated carbocycles. The number of alkyl halides is 3. The normalized spacial score (nSPS) is 14.5. The lowest BCUT2D eigenvalue weighted by Crippen LogP contribution is -2.40. The highest BCUT2D eigenvalue weighted by Crippen LogP contribution is 2.36. The molecule has 0 unspecified atom stereocenters. The summed E-state index contributed by atoms with van der Waals surface area (Å²) >= 11 is 0. The summed E-state index contributed by atoms with van der Waals surface area (Å²) in [6.45, 7) is 4.89. The van der Waals surface area contributed by atoms with Gasteiger partial charge in [-0.3, -0.25) is 0 Å². The maximum Gasteiger partial charge on any atom is 0.435 e. The Balaban J connectivity index is 2.03. The highest BCUT2D eigenvalue weighted by molar-refractivity contribution is 5.88. The van der Waals surface area contributed by atoms with Crippen LogP contribution in [-0.2, 0) is 23.9 Å². The molecule has 156 valence electrons. The van der Waals surface area contributed by atoms with Gasteiger partial charge in [0.1, 0.15) is 5.60 Å². The van der Waals surface area contributed by atoms with Crippen LogP contribution in [0.15, 0.2) is 24.3 Å². The van der Waals surface area contributed by atoms with Crippen molar-refractivity contribution in [1.29, 1.82) is 0 Å². The van der Waals surface area contributed by atoms with Crippen LogP contribution in [0, 0.1) is 0 Å². The number of carbonyl (C=O) groups excluding carboxylic acids is 1. The lowest BCUT2D eigenvalue weighted by Gasteiger charge is -2.30. The Morgan fingerprint density at radius 1 is 1.21 bits per heavy atom. The van der Waals surface area contributed by atoms with Crippen molar-refractivity contribution >= 4 is 12.1 Å². The molecule has 0 atom stereocenters. The Hall–Kier alpha value is -3.04. The average Bonchev–Trinajstić information content (AvgIpc) is 2.99. The van der Waals surface area contributed by atoms with E-state index in [0.29, 0.717) is 5.69 Å². The minimum atomic E-state index is -4.73. The van der Waals surface area contributed by atoms with Crippen LogP contribution in [0.5, 0.6) is 0 Å². The predicted octanol–water partition coefficient (Wildman–Crippen LogP) is 3.88. The van der Waals surface area contributed by atoms with Crippen molar-refractivity contribution in [2.75, 3.05) is 6.54 Å². The molecular formula is C19H20F3N3O4. The van der Waals surface area contributed by atoms with Gasteiger partial charge in [0.05, 0.1) is 23.5 Å². The predicted molar refractivity (Wildman–Crippen MR) is 95.9 cm³/mol. The molecule has 1 amide bonds. The van der Waals surface area contributed by atoms with E-state index in [4.69, 9.17) is 9.84 Å². The third-order valence-electron chi connectivity index (χ3n) is 4.32. The minimum absolute atomic E-state index is 0.0634. The fraction of sp³-hybridized carbons (Fsp3) is 0.421. The van der Waals surface area contributed by atoms with E-state index < -0.39 is 29.5 Å². The molecule has 0 saturated heterocycles. The molecule has 7 nitrogen and oxygen atoms in total. The number of carboxylic acid groups (broad SMARTS) is 1. The zero-order valence-electron chi connectivity index (χ0n) is 16.1. The first-order valence-electron chi connectivity index (χ1n) is 8.86. The number of aromatic nitrogens is 2. The summed E-state index contributed by atoms with van der Waals surface area (Å²) in [7, 11) is 0. The summed E-state index contributed by atoms with van der Waals surface area (Å²) in [6.07, 6.45) is -5.30. The van der Waals surface area contributed by atoms with Crippen LogP contribution in [0.25, 0.3) is 5.69 Å². The SMILES string of the molecule is CC(C)(C)OC(=O)N1CCc2c(c(C(F)(F)F)nn2-c2cccc(C(=O)O)c2)C1. The Morgan fingerprint density at radius 2 is 1.90 bits per heavy atom. The van der Waals surface area contributed by atoms with Crippen LogP contribution < -0.4 is 0 Å². The maximum absolute atomic E-state index is 13.6. The summed E-state index contributed by atoms with van der Waals surface area (Å²) in [5, 5.41) is 12.9. The second-order valence-electron chi connectivity index (χ2n) is 7.69. The molecule has 0 fully saturated rings. The fourth-order valence-electron chi connectivity index (χ4n) is 3.11. The molecule has 0 aliphatic carbocycles. The van der Waals surface area contributed by atoms with E-state index in [2.05, 4.69) is 5.10 Å². The van der Waals surface area contributed by atoms with E-state index in [1.807, 2.05) is 0 Å². The molecule has 3 rings (SSSR count). The number of ether oxygens (including phenoxy) is 1. The number of benzene rings is 1. The molecule has 1 aliphatic rings. The summed E-state index contributed by atoms with van der Waals surface area (Å²) in [6, 6.07) is 5.53. The lowest BCUT2D eigenvalue weighted by atomic mass is 10.0. The lowest BCUT2D eigenvalue weighted by molar-refractivity contribution is -0.142. The Bertz CT molecular complexity index is 961. The second-order valence-corrected chi connectivity index (χ2v) is 7.69. The van der Waals surface area contributed by atoms with Crippen LogP contribution >= 0.6 is 0 Å². The van der Waals surface area contributed by atoms with Crippen LogP contribution in [-0.4, -0.2) is 44.0 Å². The van der Waals surface area contributed by atoms with Crippen molar-refractivity contribution < 1.29 is 32.6 Å². The van der Waals surface area contributed by atoms with Gasteiger partial charge in [0.25, 0.3) is 0 Å². The van der Waals surface area contributed by atoms with Crippen LogP contribution in [0.2, 0.25) is 0 Å². The molecule has 1 aromatic carbocycles. The first-order valence-corrected chi connectivity index (χ1v) is 8.86. The number of aromatic carboxylic acids is 1. The number of hydrogen-bond donors (Lipinski definition) is 1. The topological polar surface area (TPSA) is 84.7 Å². The van der Waals surface area contributed by atoms with E-state index in [1.54, 1.807) is 20.8 Å². The standard InChI is InChI=1S/C19H20F3N3O4/c1-18(2,3)29-17(28)24-8-7-14-13(10-24)15(19(20,21)22)23-25(14)12-6-4-5-11(9-12)16(26)27/h4-6,9H,7-8,10H2,1-3H3,(H,26,27). The molecule has 10 heteroatoms. The Kier molecular flexibility index (Phi) is 5.06. The quantitative estimate of drug-likeness (QED) is 0.811. The van der Waals surface area contributed by atoms with Gasteiger partial charge in [0.2, 0.25) is 0 Å². The summed E-state index contributed by atoms with van der Waals surface area (Å²) in [5.74, 6) is -1.19. The van der Waals surface area contributed by atoms with E-state index in [0.717, 1.165) is 4.68 Å². The molecular weight excluding hydrogens is 391 g/mol. The van der Waals surface area contributed by atoms with Crippen molar-refractivity contribution in [2.45, 2.75) is 45.5 Å². The molecule has 2 heterocycles. The molecule has 0 bridgehead atoms. The Morgan fingerprint density at radius 3 is 2.48 bits per heavy atom. The smallest absolute Gasteiger partial charge is 0.435 e. The van der Waals surface area contributed by atoms with Crippen LogP contribution in [0.4, 0.5) is 18.0 Å². The van der Waals surface area contributed by atoms with E-state index >= 15 is 0 Å². The first kappa shape index (κ1) is 20.7. The van der Waals surface area contributed by atoms with Crippen LogP contribution in [0.1, 0.15) is 48.1 Å². The van der Waals surface area contributed by atoms with Gasteiger partial charge in [-0.25, -0.2) is 14.3 Å². The van der Waals surface area contributed by atoms with Crippen molar-refractivity contribution in [2.24, 2.45) is 0 Å². The fourth-order valence-corrected chi connectivity index (χ4v) is 3.11. The number of halogens is 3. The van der Waals surface area contributed by atoms with Crippen molar-refractivity contribution in [1.82, 2.24) is 14.7 Å². The molecule has 2 aromatic rings. The number of carbonyl (C=O) groups is 2. The average molecular weight is 411 g/mol. The summed E-state index contributed by atoms with van der Waals surface area (Å²) < 4.78 is 47.2. The monoisotopic (exact) mass is 411 g/mol.